The monoisotopic (exact) mass is 316 g/mol. The molecule has 0 aromatic heterocycles. The molecule has 0 fully saturated rings. The van der Waals surface area contributed by atoms with Crippen molar-refractivity contribution in [2.45, 2.75) is 59.0 Å². The number of benzene rings is 1. The summed E-state index contributed by atoms with van der Waals surface area (Å²) in [7, 11) is -1.51. The van der Waals surface area contributed by atoms with Crippen molar-refractivity contribution in [3.8, 4) is 11.8 Å². The van der Waals surface area contributed by atoms with Crippen LogP contribution in [0.4, 0.5) is 0 Å². The predicted molar refractivity (Wildman–Crippen MR) is 95.3 cm³/mol. The summed E-state index contributed by atoms with van der Waals surface area (Å²) in [6, 6.07) is 10.4. The topological polar surface area (TPSA) is 26.3 Å². The van der Waals surface area contributed by atoms with Gasteiger partial charge in [0.1, 0.15) is 0 Å². The van der Waals surface area contributed by atoms with E-state index in [1.165, 1.54) is 12.5 Å². The molecule has 1 rings (SSSR count). The summed E-state index contributed by atoms with van der Waals surface area (Å²) in [5.74, 6) is 6.38. The molecule has 2 unspecified atom stereocenters. The normalized spacial score (nSPS) is 14.5. The zero-order valence-corrected chi connectivity index (χ0v) is 15.9. The van der Waals surface area contributed by atoms with E-state index in [0.29, 0.717) is 0 Å². The second-order valence-corrected chi connectivity index (χ2v) is 13.2. The highest BCUT2D eigenvalue weighted by Crippen LogP contribution is 2.27. The minimum atomic E-state index is -1.51. The Bertz CT molecular complexity index is 553. The molecular formula is C19H28O2Si. The van der Waals surface area contributed by atoms with Crippen LogP contribution in [0.15, 0.2) is 30.3 Å². The van der Waals surface area contributed by atoms with E-state index in [4.69, 9.17) is 4.74 Å². The van der Waals surface area contributed by atoms with Crippen LogP contribution in [-0.2, 0) is 9.53 Å². The van der Waals surface area contributed by atoms with E-state index in [2.05, 4.69) is 55.7 Å². The van der Waals surface area contributed by atoms with E-state index >= 15 is 0 Å². The lowest BCUT2D eigenvalue weighted by molar-refractivity contribution is -0.147. The van der Waals surface area contributed by atoms with Gasteiger partial charge in [0.2, 0.25) is 0 Å². The average molecular weight is 317 g/mol. The van der Waals surface area contributed by atoms with Crippen LogP contribution < -0.4 is 0 Å². The van der Waals surface area contributed by atoms with E-state index in [-0.39, 0.29) is 23.0 Å². The molecule has 0 saturated heterocycles. The first kappa shape index (κ1) is 18.5. The van der Waals surface area contributed by atoms with Crippen LogP contribution in [0.1, 0.15) is 38.8 Å². The maximum Gasteiger partial charge on any atom is 0.303 e. The van der Waals surface area contributed by atoms with Crippen molar-refractivity contribution < 1.29 is 9.53 Å². The molecule has 2 atom stereocenters. The molecule has 0 bridgehead atoms. The third kappa shape index (κ3) is 5.69. The summed E-state index contributed by atoms with van der Waals surface area (Å²) in [4.78, 5) is 11.3. The van der Waals surface area contributed by atoms with Crippen LogP contribution in [0.25, 0.3) is 0 Å². The zero-order chi connectivity index (χ0) is 17.0. The molecule has 0 aliphatic carbocycles. The molecule has 120 valence electrons. The number of carbonyl (C=O) groups is 1. The van der Waals surface area contributed by atoms with Crippen LogP contribution >= 0.6 is 0 Å². The minimum Gasteiger partial charge on any atom is -0.449 e. The van der Waals surface area contributed by atoms with Crippen LogP contribution in [0.3, 0.4) is 0 Å². The van der Waals surface area contributed by atoms with Gasteiger partial charge in [-0.25, -0.2) is 0 Å². The quantitative estimate of drug-likeness (QED) is 0.462. The minimum absolute atomic E-state index is 0.195. The number of rotatable bonds is 3. The molecule has 2 nitrogen and oxygen atoms in total. The van der Waals surface area contributed by atoms with Gasteiger partial charge in [0, 0.05) is 17.9 Å². The molecule has 3 heteroatoms. The Kier molecular flexibility index (Phi) is 6.02. The fourth-order valence-electron chi connectivity index (χ4n) is 2.19. The summed E-state index contributed by atoms with van der Waals surface area (Å²) in [6.07, 6.45) is -0.382. The Morgan fingerprint density at radius 2 is 1.64 bits per heavy atom. The Morgan fingerprint density at radius 1 is 1.09 bits per heavy atom. The SMILES string of the molecule is CC(=O)OC(C#CC(c1ccccc1)[Si](C)(C)C)C(C)(C)C. The summed E-state index contributed by atoms with van der Waals surface area (Å²) < 4.78 is 5.42. The van der Waals surface area contributed by atoms with Crippen LogP contribution in [0.2, 0.25) is 19.6 Å². The van der Waals surface area contributed by atoms with Gasteiger partial charge in [-0.15, -0.1) is 0 Å². The van der Waals surface area contributed by atoms with Gasteiger partial charge in [-0.2, -0.15) is 0 Å². The summed E-state index contributed by atoms with van der Waals surface area (Å²) in [6.45, 7) is 14.5. The van der Waals surface area contributed by atoms with Gasteiger partial charge in [-0.05, 0) is 5.56 Å². The number of carbonyl (C=O) groups excluding carboxylic acids is 1. The first-order valence-corrected chi connectivity index (χ1v) is 11.3. The Balaban J connectivity index is 3.17. The third-order valence-corrected chi connectivity index (χ3v) is 5.64. The highest BCUT2D eigenvalue weighted by molar-refractivity contribution is 6.78. The lowest BCUT2D eigenvalue weighted by Crippen LogP contribution is -2.32. The van der Waals surface area contributed by atoms with Gasteiger partial charge < -0.3 is 4.74 Å². The van der Waals surface area contributed by atoms with Gasteiger partial charge >= 0.3 is 5.97 Å². The lowest BCUT2D eigenvalue weighted by Gasteiger charge is -2.27. The molecule has 0 amide bonds. The van der Waals surface area contributed by atoms with Crippen molar-refractivity contribution in [3.05, 3.63) is 35.9 Å². The zero-order valence-electron chi connectivity index (χ0n) is 14.9. The summed E-state index contributed by atoms with van der Waals surface area (Å²) in [5.41, 5.74) is 1.29. The third-order valence-electron chi connectivity index (χ3n) is 3.43. The van der Waals surface area contributed by atoms with Gasteiger partial charge in [0.05, 0.1) is 8.07 Å². The fraction of sp³-hybridized carbons (Fsp3) is 0.526. The largest absolute Gasteiger partial charge is 0.449 e. The molecular weight excluding hydrogens is 288 g/mol. The molecule has 0 saturated carbocycles. The van der Waals surface area contributed by atoms with Gasteiger partial charge in [-0.3, -0.25) is 4.79 Å². The lowest BCUT2D eigenvalue weighted by atomic mass is 9.89. The van der Waals surface area contributed by atoms with E-state index in [1.807, 2.05) is 26.8 Å². The van der Waals surface area contributed by atoms with Gasteiger partial charge in [0.25, 0.3) is 0 Å². The van der Waals surface area contributed by atoms with E-state index in [9.17, 15) is 4.79 Å². The maximum absolute atomic E-state index is 11.3. The van der Waals surface area contributed by atoms with Crippen LogP contribution in [-0.4, -0.2) is 20.1 Å². The first-order chi connectivity index (χ1) is 10.0. The molecule has 0 N–H and O–H groups in total. The van der Waals surface area contributed by atoms with E-state index in [0.717, 1.165) is 0 Å². The predicted octanol–water partition coefficient (Wildman–Crippen LogP) is 4.63. The van der Waals surface area contributed by atoms with Crippen molar-refractivity contribution in [1.29, 1.82) is 0 Å². The Morgan fingerprint density at radius 3 is 2.05 bits per heavy atom. The number of ether oxygens (including phenoxy) is 1. The standard InChI is InChI=1S/C19H28O2Si/c1-15(20)21-18(19(2,3)4)14-13-17(22(5,6)7)16-11-9-8-10-12-16/h8-12,17-18H,1-7H3. The average Bonchev–Trinajstić information content (AvgIpc) is 2.35. The Hall–Kier alpha value is -1.53. The van der Waals surface area contributed by atoms with Crippen LogP contribution in [0.5, 0.6) is 0 Å². The molecule has 0 aliphatic heterocycles. The fourth-order valence-corrected chi connectivity index (χ4v) is 3.90. The molecule has 0 radical (unpaired) electrons. The highest BCUT2D eigenvalue weighted by atomic mass is 28.3. The van der Waals surface area contributed by atoms with Gasteiger partial charge in [0.15, 0.2) is 6.10 Å². The summed E-state index contributed by atoms with van der Waals surface area (Å²) >= 11 is 0. The maximum atomic E-state index is 11.3. The number of hydrogen-bond donors (Lipinski definition) is 0. The van der Waals surface area contributed by atoms with Crippen LogP contribution in [0, 0.1) is 17.3 Å². The van der Waals surface area contributed by atoms with Gasteiger partial charge in [-0.1, -0.05) is 82.6 Å². The van der Waals surface area contributed by atoms with Crippen molar-refractivity contribution in [3.63, 3.8) is 0 Å². The molecule has 0 heterocycles. The van der Waals surface area contributed by atoms with Crippen molar-refractivity contribution in [2.75, 3.05) is 0 Å². The number of esters is 1. The smallest absolute Gasteiger partial charge is 0.303 e. The molecule has 0 aliphatic rings. The molecule has 0 spiro atoms. The van der Waals surface area contributed by atoms with Crippen molar-refractivity contribution in [1.82, 2.24) is 0 Å². The Labute approximate surface area is 136 Å². The van der Waals surface area contributed by atoms with E-state index < -0.39 is 8.07 Å². The van der Waals surface area contributed by atoms with E-state index in [1.54, 1.807) is 0 Å². The van der Waals surface area contributed by atoms with Crippen molar-refractivity contribution >= 4 is 14.0 Å². The highest BCUT2D eigenvalue weighted by Gasteiger charge is 2.29. The van der Waals surface area contributed by atoms with Crippen molar-refractivity contribution in [2.24, 2.45) is 5.41 Å². The molecule has 22 heavy (non-hydrogen) atoms. The first-order valence-electron chi connectivity index (χ1n) is 7.75. The molecule has 1 aromatic carbocycles. The molecule has 1 aromatic rings. The number of hydrogen-bond acceptors (Lipinski definition) is 2. The summed E-state index contributed by atoms with van der Waals surface area (Å²) in [5, 5.41) is 0. The second-order valence-electron chi connectivity index (χ2n) is 7.85. The second kappa shape index (κ2) is 7.15.